The Balaban J connectivity index is 2.42. The van der Waals surface area contributed by atoms with Crippen molar-refractivity contribution in [1.29, 1.82) is 0 Å². The second-order valence-corrected chi connectivity index (χ2v) is 4.07. The van der Waals surface area contributed by atoms with Gasteiger partial charge >= 0.3 is 0 Å². The predicted octanol–water partition coefficient (Wildman–Crippen LogP) is 0.0526. The normalized spacial score (nSPS) is 32.0. The van der Waals surface area contributed by atoms with Gasteiger partial charge in [-0.25, -0.2) is 0 Å². The van der Waals surface area contributed by atoms with Gasteiger partial charge < -0.3 is 15.3 Å². The van der Waals surface area contributed by atoms with Crippen molar-refractivity contribution in [3.05, 3.63) is 0 Å². The first-order chi connectivity index (χ1) is 5.62. The van der Waals surface area contributed by atoms with Crippen LogP contribution in [0.3, 0.4) is 0 Å². The highest BCUT2D eigenvalue weighted by Gasteiger charge is 2.27. The number of likely N-dealkylation sites (N-methyl/N-ethyl adjacent to an activating group) is 1. The molecule has 0 bridgehead atoms. The number of rotatable bonds is 2. The highest BCUT2D eigenvalue weighted by molar-refractivity contribution is 4.84. The molecule has 0 radical (unpaired) electrons. The van der Waals surface area contributed by atoms with Gasteiger partial charge in [-0.3, -0.25) is 0 Å². The van der Waals surface area contributed by atoms with Crippen molar-refractivity contribution in [2.24, 2.45) is 0 Å². The number of aliphatic hydroxyl groups is 1. The van der Waals surface area contributed by atoms with Crippen LogP contribution < -0.4 is 5.32 Å². The molecule has 0 amide bonds. The van der Waals surface area contributed by atoms with Crippen LogP contribution >= 0.6 is 0 Å². The third kappa shape index (κ3) is 3.09. The van der Waals surface area contributed by atoms with Gasteiger partial charge in [0, 0.05) is 6.54 Å². The van der Waals surface area contributed by atoms with Gasteiger partial charge in [0.2, 0.25) is 0 Å². The Morgan fingerprint density at radius 2 is 2.08 bits per heavy atom. The van der Waals surface area contributed by atoms with E-state index in [0.717, 1.165) is 38.9 Å². The number of hydrogen-bond acceptors (Lipinski definition) is 3. The summed E-state index contributed by atoms with van der Waals surface area (Å²) in [5.41, 5.74) is -0.451. The van der Waals surface area contributed by atoms with Crippen LogP contribution in [0.2, 0.25) is 0 Å². The molecule has 1 unspecified atom stereocenters. The summed E-state index contributed by atoms with van der Waals surface area (Å²) < 4.78 is 0. The zero-order chi connectivity index (χ0) is 9.03. The van der Waals surface area contributed by atoms with Gasteiger partial charge in [-0.15, -0.1) is 0 Å². The lowest BCUT2D eigenvalue weighted by atomic mass is 9.94. The number of hydrogen-bond donors (Lipinski definition) is 2. The number of nitrogens with one attached hydrogen (secondary N) is 1. The third-order valence-electron chi connectivity index (χ3n) is 2.37. The zero-order valence-electron chi connectivity index (χ0n) is 8.14. The second-order valence-electron chi connectivity index (χ2n) is 4.07. The van der Waals surface area contributed by atoms with Crippen LogP contribution in [0.15, 0.2) is 0 Å². The van der Waals surface area contributed by atoms with Gasteiger partial charge in [0.1, 0.15) is 0 Å². The lowest BCUT2D eigenvalue weighted by Gasteiger charge is -2.29. The predicted molar refractivity (Wildman–Crippen MR) is 50.2 cm³/mol. The topological polar surface area (TPSA) is 35.5 Å². The maximum Gasteiger partial charge on any atom is 0.0786 e. The molecule has 1 fully saturated rings. The maximum absolute atomic E-state index is 10.1. The minimum atomic E-state index is -0.451. The summed E-state index contributed by atoms with van der Waals surface area (Å²) in [5, 5.41) is 13.4. The highest BCUT2D eigenvalue weighted by atomic mass is 16.3. The summed E-state index contributed by atoms with van der Waals surface area (Å²) in [5.74, 6) is 0. The molecule has 0 aromatic heterocycles. The molecular weight excluding hydrogens is 152 g/mol. The van der Waals surface area contributed by atoms with E-state index in [1.807, 2.05) is 14.1 Å². The van der Waals surface area contributed by atoms with E-state index in [0.29, 0.717) is 0 Å². The summed E-state index contributed by atoms with van der Waals surface area (Å²) in [6, 6.07) is 0. The van der Waals surface area contributed by atoms with Crippen molar-refractivity contribution >= 4 is 0 Å². The summed E-state index contributed by atoms with van der Waals surface area (Å²) in [6.07, 6.45) is 2.90. The summed E-state index contributed by atoms with van der Waals surface area (Å²) in [6.45, 7) is 2.79. The fraction of sp³-hybridized carbons (Fsp3) is 1.00. The van der Waals surface area contributed by atoms with Gasteiger partial charge in [0.15, 0.2) is 0 Å². The van der Waals surface area contributed by atoms with E-state index in [-0.39, 0.29) is 0 Å². The van der Waals surface area contributed by atoms with Crippen LogP contribution in [0.4, 0.5) is 0 Å². The molecule has 1 atom stereocenters. The Hall–Kier alpha value is -0.120. The average molecular weight is 172 g/mol. The second kappa shape index (κ2) is 4.21. The molecule has 72 valence electrons. The van der Waals surface area contributed by atoms with E-state index in [1.165, 1.54) is 0 Å². The fourth-order valence-electron chi connectivity index (χ4n) is 1.86. The molecule has 0 aromatic carbocycles. The Morgan fingerprint density at radius 3 is 2.75 bits per heavy atom. The molecule has 1 aliphatic rings. The quantitative estimate of drug-likeness (QED) is 0.618. The van der Waals surface area contributed by atoms with Crippen molar-refractivity contribution in [3.63, 3.8) is 0 Å². The van der Waals surface area contributed by atoms with Gasteiger partial charge in [-0.1, -0.05) is 0 Å². The van der Waals surface area contributed by atoms with Crippen LogP contribution in [-0.4, -0.2) is 49.3 Å². The molecule has 1 saturated heterocycles. The SMILES string of the molecule is CN(C)CC1(O)CCCNCC1. The lowest BCUT2D eigenvalue weighted by molar-refractivity contribution is 0.00504. The molecule has 12 heavy (non-hydrogen) atoms. The minimum absolute atomic E-state index is 0.451. The molecule has 1 aliphatic heterocycles. The molecule has 0 aliphatic carbocycles. The Labute approximate surface area is 74.8 Å². The molecule has 1 rings (SSSR count). The van der Waals surface area contributed by atoms with Gasteiger partial charge in [0.05, 0.1) is 5.60 Å². The van der Waals surface area contributed by atoms with E-state index in [4.69, 9.17) is 0 Å². The van der Waals surface area contributed by atoms with E-state index in [9.17, 15) is 5.11 Å². The highest BCUT2D eigenvalue weighted by Crippen LogP contribution is 2.19. The van der Waals surface area contributed by atoms with E-state index in [1.54, 1.807) is 0 Å². The molecular formula is C9H20N2O. The molecule has 0 spiro atoms. The van der Waals surface area contributed by atoms with Crippen molar-refractivity contribution in [2.75, 3.05) is 33.7 Å². The van der Waals surface area contributed by atoms with Crippen LogP contribution in [0, 0.1) is 0 Å². The van der Waals surface area contributed by atoms with Crippen molar-refractivity contribution in [1.82, 2.24) is 10.2 Å². The minimum Gasteiger partial charge on any atom is -0.389 e. The van der Waals surface area contributed by atoms with Gasteiger partial charge in [-0.2, -0.15) is 0 Å². The summed E-state index contributed by atoms with van der Waals surface area (Å²) in [7, 11) is 4.02. The first-order valence-electron chi connectivity index (χ1n) is 4.70. The number of nitrogens with zero attached hydrogens (tertiary/aromatic N) is 1. The van der Waals surface area contributed by atoms with E-state index >= 15 is 0 Å². The zero-order valence-corrected chi connectivity index (χ0v) is 8.14. The van der Waals surface area contributed by atoms with Gasteiger partial charge in [0.25, 0.3) is 0 Å². The third-order valence-corrected chi connectivity index (χ3v) is 2.37. The lowest BCUT2D eigenvalue weighted by Crippen LogP contribution is -2.40. The molecule has 2 N–H and O–H groups in total. The summed E-state index contributed by atoms with van der Waals surface area (Å²) >= 11 is 0. The van der Waals surface area contributed by atoms with Gasteiger partial charge in [-0.05, 0) is 46.4 Å². The van der Waals surface area contributed by atoms with Crippen molar-refractivity contribution in [3.8, 4) is 0 Å². The maximum atomic E-state index is 10.1. The molecule has 0 saturated carbocycles. The van der Waals surface area contributed by atoms with Crippen molar-refractivity contribution < 1.29 is 5.11 Å². The largest absolute Gasteiger partial charge is 0.389 e. The molecule has 3 nitrogen and oxygen atoms in total. The Kier molecular flexibility index (Phi) is 3.50. The first-order valence-corrected chi connectivity index (χ1v) is 4.70. The monoisotopic (exact) mass is 172 g/mol. The molecule has 3 heteroatoms. The standard InChI is InChI=1S/C9H20N2O/c1-11(2)8-9(12)4-3-6-10-7-5-9/h10,12H,3-8H2,1-2H3. The molecule has 0 aromatic rings. The van der Waals surface area contributed by atoms with Crippen LogP contribution in [0.25, 0.3) is 0 Å². The first kappa shape index (κ1) is 9.96. The molecule has 1 heterocycles. The van der Waals surface area contributed by atoms with Crippen LogP contribution in [0.1, 0.15) is 19.3 Å². The van der Waals surface area contributed by atoms with Crippen LogP contribution in [0.5, 0.6) is 0 Å². The Morgan fingerprint density at radius 1 is 1.33 bits per heavy atom. The van der Waals surface area contributed by atoms with Crippen LogP contribution in [-0.2, 0) is 0 Å². The fourth-order valence-corrected chi connectivity index (χ4v) is 1.86. The van der Waals surface area contributed by atoms with E-state index in [2.05, 4.69) is 10.2 Å². The smallest absolute Gasteiger partial charge is 0.0786 e. The summed E-state index contributed by atoms with van der Waals surface area (Å²) in [4.78, 5) is 2.06. The average Bonchev–Trinajstić information content (AvgIpc) is 2.12. The Bertz CT molecular complexity index is 128. The van der Waals surface area contributed by atoms with Crippen molar-refractivity contribution in [2.45, 2.75) is 24.9 Å². The van der Waals surface area contributed by atoms with E-state index < -0.39 is 5.60 Å².